The number of sulfonamides is 1. The first kappa shape index (κ1) is 18.8. The van der Waals surface area contributed by atoms with Crippen LogP contribution in [-0.4, -0.2) is 33.5 Å². The van der Waals surface area contributed by atoms with Crippen molar-refractivity contribution >= 4 is 10.0 Å². The van der Waals surface area contributed by atoms with Crippen LogP contribution in [0.2, 0.25) is 0 Å². The first-order chi connectivity index (χ1) is 11.9. The van der Waals surface area contributed by atoms with Crippen LogP contribution in [0.4, 0.5) is 0 Å². The second kappa shape index (κ2) is 8.01. The number of rotatable bonds is 7. The molecule has 0 atom stereocenters. The van der Waals surface area contributed by atoms with Gasteiger partial charge in [-0.3, -0.25) is 0 Å². The molecule has 2 rings (SSSR count). The summed E-state index contributed by atoms with van der Waals surface area (Å²) >= 11 is 0. The molecule has 6 nitrogen and oxygen atoms in total. The third-order valence-electron chi connectivity index (χ3n) is 3.60. The fraction of sp³-hybridized carbons (Fsp3) is 0.278. The van der Waals surface area contributed by atoms with Gasteiger partial charge in [0.25, 0.3) is 0 Å². The van der Waals surface area contributed by atoms with Crippen molar-refractivity contribution in [3.05, 3.63) is 53.6 Å². The highest BCUT2D eigenvalue weighted by atomic mass is 32.2. The van der Waals surface area contributed by atoms with Gasteiger partial charge < -0.3 is 9.47 Å². The van der Waals surface area contributed by atoms with E-state index in [0.29, 0.717) is 23.7 Å². The van der Waals surface area contributed by atoms with Crippen LogP contribution in [0.5, 0.6) is 11.5 Å². The van der Waals surface area contributed by atoms with Crippen LogP contribution in [-0.2, 0) is 16.6 Å². The van der Waals surface area contributed by atoms with Crippen LogP contribution in [0, 0.1) is 11.3 Å². The molecule has 0 heterocycles. The summed E-state index contributed by atoms with van der Waals surface area (Å²) in [6, 6.07) is 13.2. The van der Waals surface area contributed by atoms with Crippen molar-refractivity contribution in [2.24, 2.45) is 0 Å². The quantitative estimate of drug-likeness (QED) is 0.758. The molecule has 0 fully saturated rings. The predicted molar refractivity (Wildman–Crippen MR) is 94.0 cm³/mol. The highest BCUT2D eigenvalue weighted by Crippen LogP contribution is 2.29. The summed E-state index contributed by atoms with van der Waals surface area (Å²) in [5.41, 5.74) is 1.07. The van der Waals surface area contributed by atoms with Crippen LogP contribution in [0.3, 0.4) is 0 Å². The molecule has 7 heteroatoms. The zero-order valence-corrected chi connectivity index (χ0v) is 15.2. The molecule has 0 saturated carbocycles. The van der Waals surface area contributed by atoms with Gasteiger partial charge in [0.1, 0.15) is 0 Å². The second-order valence-corrected chi connectivity index (χ2v) is 7.36. The summed E-state index contributed by atoms with van der Waals surface area (Å²) in [6.45, 7) is 2.56. The number of hydrogen-bond donors (Lipinski definition) is 0. The molecule has 25 heavy (non-hydrogen) atoms. The molecule has 0 radical (unpaired) electrons. The van der Waals surface area contributed by atoms with E-state index < -0.39 is 10.0 Å². The molecule has 0 aromatic heterocycles. The van der Waals surface area contributed by atoms with Gasteiger partial charge in [0, 0.05) is 13.6 Å². The van der Waals surface area contributed by atoms with Crippen molar-refractivity contribution in [3.8, 4) is 17.6 Å². The molecule has 0 amide bonds. The molecule has 2 aromatic carbocycles. The van der Waals surface area contributed by atoms with Gasteiger partial charge in [0.05, 0.1) is 30.2 Å². The van der Waals surface area contributed by atoms with Gasteiger partial charge in [-0.25, -0.2) is 8.42 Å². The topological polar surface area (TPSA) is 79.6 Å². The van der Waals surface area contributed by atoms with E-state index in [1.54, 1.807) is 30.3 Å². The van der Waals surface area contributed by atoms with E-state index in [0.717, 1.165) is 5.56 Å². The van der Waals surface area contributed by atoms with Crippen molar-refractivity contribution in [1.29, 1.82) is 5.26 Å². The van der Waals surface area contributed by atoms with Crippen LogP contribution in [0.25, 0.3) is 0 Å². The van der Waals surface area contributed by atoms with Crippen molar-refractivity contribution < 1.29 is 17.9 Å². The third kappa shape index (κ3) is 4.29. The van der Waals surface area contributed by atoms with Gasteiger partial charge >= 0.3 is 0 Å². The lowest BCUT2D eigenvalue weighted by Crippen LogP contribution is -2.26. The number of ether oxygens (including phenoxy) is 2. The van der Waals surface area contributed by atoms with E-state index in [9.17, 15) is 8.42 Å². The Morgan fingerprint density at radius 2 is 1.92 bits per heavy atom. The largest absolute Gasteiger partial charge is 0.493 e. The van der Waals surface area contributed by atoms with E-state index in [2.05, 4.69) is 0 Å². The molecular weight excluding hydrogens is 340 g/mol. The average Bonchev–Trinajstić information content (AvgIpc) is 2.63. The lowest BCUT2D eigenvalue weighted by molar-refractivity contribution is 0.310. The molecule has 0 unspecified atom stereocenters. The Bertz CT molecular complexity index is 888. The molecule has 132 valence electrons. The van der Waals surface area contributed by atoms with E-state index in [-0.39, 0.29) is 11.4 Å². The van der Waals surface area contributed by atoms with Crippen molar-refractivity contribution in [2.45, 2.75) is 18.4 Å². The van der Waals surface area contributed by atoms with Crippen molar-refractivity contribution in [1.82, 2.24) is 4.31 Å². The zero-order chi connectivity index (χ0) is 18.4. The SMILES string of the molecule is CCOc1ccc(CN(C)S(=O)(=O)c2cccc(C#N)c2)cc1OC. The van der Waals surface area contributed by atoms with Gasteiger partial charge in [-0.1, -0.05) is 12.1 Å². The highest BCUT2D eigenvalue weighted by Gasteiger charge is 2.21. The minimum atomic E-state index is -3.70. The standard InChI is InChI=1S/C18H20N2O4S/c1-4-24-17-9-8-15(11-18(17)23-3)13-20(2)25(21,22)16-7-5-6-14(10-16)12-19/h5-11H,4,13H2,1-3H3. The Hall–Kier alpha value is -2.56. The van der Waals surface area contributed by atoms with Gasteiger partial charge in [-0.15, -0.1) is 0 Å². The lowest BCUT2D eigenvalue weighted by atomic mass is 10.2. The minimum Gasteiger partial charge on any atom is -0.493 e. The predicted octanol–water partition coefficient (Wildman–Crippen LogP) is 2.79. The van der Waals surface area contributed by atoms with Gasteiger partial charge in [0.15, 0.2) is 11.5 Å². The van der Waals surface area contributed by atoms with E-state index in [4.69, 9.17) is 14.7 Å². The van der Waals surface area contributed by atoms with Crippen LogP contribution in [0.1, 0.15) is 18.1 Å². The molecule has 0 aliphatic carbocycles. The van der Waals surface area contributed by atoms with E-state index in [1.807, 2.05) is 13.0 Å². The maximum absolute atomic E-state index is 12.7. The molecule has 0 saturated heterocycles. The summed E-state index contributed by atoms with van der Waals surface area (Å²) in [5.74, 6) is 1.16. The molecule has 0 bridgehead atoms. The number of nitriles is 1. The Kier molecular flexibility index (Phi) is 6.02. The number of methoxy groups -OCH3 is 1. The summed E-state index contributed by atoms with van der Waals surface area (Å²) < 4.78 is 37.4. The second-order valence-electron chi connectivity index (χ2n) is 5.32. The average molecular weight is 360 g/mol. The number of benzene rings is 2. The monoisotopic (exact) mass is 360 g/mol. The summed E-state index contributed by atoms with van der Waals surface area (Å²) in [7, 11) is -0.665. The Morgan fingerprint density at radius 1 is 1.16 bits per heavy atom. The first-order valence-electron chi connectivity index (χ1n) is 7.68. The Labute approximate surface area is 148 Å². The van der Waals surface area contributed by atoms with Crippen LogP contribution < -0.4 is 9.47 Å². The van der Waals surface area contributed by atoms with Crippen molar-refractivity contribution in [3.63, 3.8) is 0 Å². The summed E-state index contributed by atoms with van der Waals surface area (Å²) in [6.07, 6.45) is 0. The number of nitrogens with zero attached hydrogens (tertiary/aromatic N) is 2. The Balaban J connectivity index is 2.26. The smallest absolute Gasteiger partial charge is 0.243 e. The fourth-order valence-electron chi connectivity index (χ4n) is 2.33. The van der Waals surface area contributed by atoms with E-state index in [1.165, 1.54) is 30.6 Å². The van der Waals surface area contributed by atoms with Crippen molar-refractivity contribution in [2.75, 3.05) is 20.8 Å². The lowest BCUT2D eigenvalue weighted by Gasteiger charge is -2.18. The maximum Gasteiger partial charge on any atom is 0.243 e. The normalized spacial score (nSPS) is 11.2. The Morgan fingerprint density at radius 3 is 2.56 bits per heavy atom. The molecular formula is C18H20N2O4S. The minimum absolute atomic E-state index is 0.0898. The molecule has 0 N–H and O–H groups in total. The molecule has 0 aliphatic heterocycles. The van der Waals surface area contributed by atoms with E-state index >= 15 is 0 Å². The van der Waals surface area contributed by atoms with Gasteiger partial charge in [-0.05, 0) is 42.8 Å². The van der Waals surface area contributed by atoms with Gasteiger partial charge in [-0.2, -0.15) is 9.57 Å². The van der Waals surface area contributed by atoms with Crippen LogP contribution >= 0.6 is 0 Å². The third-order valence-corrected chi connectivity index (χ3v) is 5.40. The maximum atomic E-state index is 12.7. The first-order valence-corrected chi connectivity index (χ1v) is 9.12. The fourth-order valence-corrected chi connectivity index (χ4v) is 3.54. The molecule has 2 aromatic rings. The van der Waals surface area contributed by atoms with Gasteiger partial charge in [0.2, 0.25) is 10.0 Å². The number of hydrogen-bond acceptors (Lipinski definition) is 5. The highest BCUT2D eigenvalue weighted by molar-refractivity contribution is 7.89. The van der Waals surface area contributed by atoms with Crippen LogP contribution in [0.15, 0.2) is 47.4 Å². The molecule has 0 aliphatic rings. The zero-order valence-electron chi connectivity index (χ0n) is 14.4. The molecule has 0 spiro atoms. The summed E-state index contributed by atoms with van der Waals surface area (Å²) in [4.78, 5) is 0.0898. The summed E-state index contributed by atoms with van der Waals surface area (Å²) in [5, 5.41) is 8.94.